The molecule has 0 aliphatic heterocycles. The van der Waals surface area contributed by atoms with Gasteiger partial charge in [-0.25, -0.2) is 0 Å². The Morgan fingerprint density at radius 2 is 2.11 bits per heavy atom. The van der Waals surface area contributed by atoms with Crippen molar-refractivity contribution in [3.8, 4) is 0 Å². The van der Waals surface area contributed by atoms with Crippen LogP contribution in [0.3, 0.4) is 0 Å². The minimum absolute atomic E-state index is 0.0186. The summed E-state index contributed by atoms with van der Waals surface area (Å²) in [7, 11) is 0. The summed E-state index contributed by atoms with van der Waals surface area (Å²) < 4.78 is 5.82. The molecule has 4 heteroatoms. The van der Waals surface area contributed by atoms with Gasteiger partial charge in [-0.15, -0.1) is 0 Å². The first-order chi connectivity index (χ1) is 8.62. The number of nitrogens with two attached hydrogens (primary N) is 1. The van der Waals surface area contributed by atoms with Crippen molar-refractivity contribution in [1.82, 2.24) is 5.32 Å². The van der Waals surface area contributed by atoms with Gasteiger partial charge in [-0.05, 0) is 38.0 Å². The van der Waals surface area contributed by atoms with E-state index in [4.69, 9.17) is 10.5 Å². The topological polar surface area (TPSA) is 64.3 Å². The van der Waals surface area contributed by atoms with Crippen LogP contribution in [-0.4, -0.2) is 31.2 Å². The van der Waals surface area contributed by atoms with E-state index in [-0.39, 0.29) is 18.1 Å². The monoisotopic (exact) mass is 256 g/mol. The van der Waals surface area contributed by atoms with Gasteiger partial charge < -0.3 is 15.8 Å². The van der Waals surface area contributed by atoms with Gasteiger partial charge >= 0.3 is 0 Å². The van der Waals surface area contributed by atoms with Crippen molar-refractivity contribution in [1.29, 1.82) is 0 Å². The summed E-state index contributed by atoms with van der Waals surface area (Å²) in [6, 6.07) is 0. The summed E-state index contributed by atoms with van der Waals surface area (Å²) in [5.74, 6) is 0.738. The van der Waals surface area contributed by atoms with Gasteiger partial charge in [-0.2, -0.15) is 0 Å². The Morgan fingerprint density at radius 1 is 1.44 bits per heavy atom. The molecule has 0 heterocycles. The molecule has 0 saturated heterocycles. The highest BCUT2D eigenvalue weighted by molar-refractivity contribution is 5.77. The Labute approximate surface area is 111 Å². The number of carbonyl (C=O) groups excluding carboxylic acids is 1. The molecule has 0 unspecified atom stereocenters. The fourth-order valence-corrected chi connectivity index (χ4v) is 2.37. The number of hydrogen-bond donors (Lipinski definition) is 2. The summed E-state index contributed by atoms with van der Waals surface area (Å²) in [5, 5.41) is 2.87. The maximum absolute atomic E-state index is 11.6. The molecule has 18 heavy (non-hydrogen) atoms. The smallest absolute Gasteiger partial charge is 0.246 e. The van der Waals surface area contributed by atoms with Crippen molar-refractivity contribution < 1.29 is 9.53 Å². The van der Waals surface area contributed by atoms with Crippen LogP contribution in [0.1, 0.15) is 52.4 Å². The lowest BCUT2D eigenvalue weighted by Crippen LogP contribution is -2.46. The van der Waals surface area contributed by atoms with Crippen LogP contribution in [0, 0.1) is 5.92 Å². The van der Waals surface area contributed by atoms with Crippen molar-refractivity contribution >= 4 is 5.91 Å². The van der Waals surface area contributed by atoms with Crippen LogP contribution in [0.2, 0.25) is 0 Å². The second-order valence-corrected chi connectivity index (χ2v) is 5.56. The predicted octanol–water partition coefficient (Wildman–Crippen LogP) is 1.83. The molecule has 106 valence electrons. The van der Waals surface area contributed by atoms with Gasteiger partial charge in [0.05, 0.1) is 5.60 Å². The fourth-order valence-electron chi connectivity index (χ4n) is 2.37. The summed E-state index contributed by atoms with van der Waals surface area (Å²) >= 11 is 0. The molecule has 1 aliphatic rings. The zero-order chi connectivity index (χ0) is 13.4. The van der Waals surface area contributed by atoms with Gasteiger partial charge in [-0.3, -0.25) is 4.79 Å². The van der Waals surface area contributed by atoms with Crippen LogP contribution in [0.15, 0.2) is 0 Å². The molecule has 0 aromatic rings. The number of ether oxygens (including phenoxy) is 1. The molecule has 3 N–H and O–H groups in total. The molecular weight excluding hydrogens is 228 g/mol. The molecule has 1 amide bonds. The van der Waals surface area contributed by atoms with Crippen LogP contribution in [0.4, 0.5) is 0 Å². The number of hydrogen-bond acceptors (Lipinski definition) is 3. The second-order valence-electron chi connectivity index (χ2n) is 5.56. The van der Waals surface area contributed by atoms with Gasteiger partial charge in [0.2, 0.25) is 5.91 Å². The Hall–Kier alpha value is -0.610. The molecule has 4 nitrogen and oxygen atoms in total. The van der Waals surface area contributed by atoms with Crippen LogP contribution in [-0.2, 0) is 9.53 Å². The van der Waals surface area contributed by atoms with Gasteiger partial charge in [0.1, 0.15) is 6.61 Å². The number of amides is 1. The van der Waals surface area contributed by atoms with E-state index < -0.39 is 0 Å². The normalized spacial score (nSPS) is 28.1. The van der Waals surface area contributed by atoms with Crippen molar-refractivity contribution in [2.24, 2.45) is 11.7 Å². The van der Waals surface area contributed by atoms with E-state index in [1.807, 2.05) is 0 Å². The average molecular weight is 256 g/mol. The van der Waals surface area contributed by atoms with E-state index in [9.17, 15) is 4.79 Å². The molecule has 1 saturated carbocycles. The van der Waals surface area contributed by atoms with E-state index >= 15 is 0 Å². The summed E-state index contributed by atoms with van der Waals surface area (Å²) in [6.45, 7) is 5.77. The predicted molar refractivity (Wildman–Crippen MR) is 73.3 cm³/mol. The molecule has 0 bridgehead atoms. The van der Waals surface area contributed by atoms with Crippen molar-refractivity contribution in [3.63, 3.8) is 0 Å². The molecule has 0 spiro atoms. The largest absolute Gasteiger partial charge is 0.364 e. The van der Waals surface area contributed by atoms with Gasteiger partial charge in [0, 0.05) is 13.1 Å². The summed E-state index contributed by atoms with van der Waals surface area (Å²) in [6.07, 6.45) is 6.36. The molecular formula is C14H28N2O2. The summed E-state index contributed by atoms with van der Waals surface area (Å²) in [4.78, 5) is 11.6. The lowest BCUT2D eigenvalue weighted by Gasteiger charge is -2.38. The number of rotatable bonds is 7. The van der Waals surface area contributed by atoms with E-state index in [1.165, 1.54) is 0 Å². The zero-order valence-corrected chi connectivity index (χ0v) is 11.8. The Balaban J connectivity index is 2.28. The maximum atomic E-state index is 11.6. The lowest BCUT2D eigenvalue weighted by molar-refractivity contribution is -0.136. The van der Waals surface area contributed by atoms with Crippen LogP contribution >= 0.6 is 0 Å². The number of nitrogens with one attached hydrogen (secondary N) is 1. The first-order valence-corrected chi connectivity index (χ1v) is 7.22. The Morgan fingerprint density at radius 3 is 2.67 bits per heavy atom. The third-order valence-electron chi connectivity index (χ3n) is 3.92. The zero-order valence-electron chi connectivity index (χ0n) is 11.8. The van der Waals surface area contributed by atoms with Gasteiger partial charge in [0.15, 0.2) is 0 Å². The second kappa shape index (κ2) is 7.74. The van der Waals surface area contributed by atoms with E-state index in [1.54, 1.807) is 0 Å². The van der Waals surface area contributed by atoms with Gasteiger partial charge in [-0.1, -0.05) is 20.3 Å². The van der Waals surface area contributed by atoms with Crippen molar-refractivity contribution in [3.05, 3.63) is 0 Å². The van der Waals surface area contributed by atoms with Crippen LogP contribution in [0.5, 0.6) is 0 Å². The van der Waals surface area contributed by atoms with E-state index in [2.05, 4.69) is 19.2 Å². The molecule has 1 aliphatic carbocycles. The summed E-state index contributed by atoms with van der Waals surface area (Å²) in [5.41, 5.74) is 5.58. The standard InChI is InChI=1S/C14H28N2O2/c1-3-4-9-16-13(17)10-18-14(11-15)7-5-12(2)6-8-14/h12H,3-11,15H2,1-2H3,(H,16,17). The van der Waals surface area contributed by atoms with Crippen molar-refractivity contribution in [2.75, 3.05) is 19.7 Å². The molecule has 0 aromatic carbocycles. The highest BCUT2D eigenvalue weighted by Crippen LogP contribution is 2.33. The van der Waals surface area contributed by atoms with E-state index in [0.29, 0.717) is 6.54 Å². The van der Waals surface area contributed by atoms with E-state index in [0.717, 1.165) is 51.0 Å². The molecule has 1 rings (SSSR count). The first-order valence-electron chi connectivity index (χ1n) is 7.22. The highest BCUT2D eigenvalue weighted by atomic mass is 16.5. The molecule has 0 radical (unpaired) electrons. The average Bonchev–Trinajstić information content (AvgIpc) is 2.39. The number of unbranched alkanes of at least 4 members (excludes halogenated alkanes) is 1. The molecule has 1 fully saturated rings. The Kier molecular flexibility index (Phi) is 6.65. The first kappa shape index (κ1) is 15.4. The highest BCUT2D eigenvalue weighted by Gasteiger charge is 2.34. The van der Waals surface area contributed by atoms with Gasteiger partial charge in [0.25, 0.3) is 0 Å². The van der Waals surface area contributed by atoms with Crippen molar-refractivity contribution in [2.45, 2.75) is 58.0 Å². The number of carbonyl (C=O) groups is 1. The minimum atomic E-state index is -0.255. The minimum Gasteiger partial charge on any atom is -0.364 e. The van der Waals surface area contributed by atoms with Crippen LogP contribution < -0.4 is 11.1 Å². The van der Waals surface area contributed by atoms with Crippen LogP contribution in [0.25, 0.3) is 0 Å². The maximum Gasteiger partial charge on any atom is 0.246 e. The Bertz CT molecular complexity index is 248. The third-order valence-corrected chi connectivity index (χ3v) is 3.92. The lowest BCUT2D eigenvalue weighted by atomic mass is 9.79. The fraction of sp³-hybridized carbons (Fsp3) is 0.929. The third kappa shape index (κ3) is 4.94. The molecule has 0 aromatic heterocycles. The molecule has 0 atom stereocenters. The quantitative estimate of drug-likeness (QED) is 0.683. The SMILES string of the molecule is CCCCNC(=O)COC1(CN)CCC(C)CC1.